The number of hydrogen-bond acceptors (Lipinski definition) is 2. The number of aromatic nitrogens is 2. The summed E-state index contributed by atoms with van der Waals surface area (Å²) in [6, 6.07) is 14.5. The minimum atomic E-state index is -0.279. The monoisotopic (exact) mass is 373 g/mol. The second-order valence-electron chi connectivity index (χ2n) is 6.50. The Balaban J connectivity index is 1.86. The minimum absolute atomic E-state index is 0.279. The molecule has 0 amide bonds. The largest absolute Gasteiger partial charge is 0.381 e. The van der Waals surface area contributed by atoms with Gasteiger partial charge in [-0.3, -0.25) is 0 Å². The summed E-state index contributed by atoms with van der Waals surface area (Å²) in [6.07, 6.45) is 5.55. The fraction of sp³-hybridized carbons (Fsp3) is 0.125. The van der Waals surface area contributed by atoms with Crippen LogP contribution < -0.4 is 5.32 Å². The maximum Gasteiger partial charge on any atom is 0.123 e. The summed E-state index contributed by atoms with van der Waals surface area (Å²) in [6.45, 7) is 12.9. The average molecular weight is 373 g/mol. The highest BCUT2D eigenvalue weighted by molar-refractivity contribution is 5.82. The SMILES string of the molecule is C=Cc1c(/C(=C\C)C(=C)NCc2ccccc2C)cnn1-c1ccc(F)cc1. The molecule has 1 heterocycles. The van der Waals surface area contributed by atoms with Gasteiger partial charge in [0, 0.05) is 23.4 Å². The highest BCUT2D eigenvalue weighted by Crippen LogP contribution is 2.27. The van der Waals surface area contributed by atoms with Crippen LogP contribution in [0.4, 0.5) is 4.39 Å². The van der Waals surface area contributed by atoms with Crippen LogP contribution in [0.1, 0.15) is 29.3 Å². The number of nitrogens with one attached hydrogen (secondary N) is 1. The van der Waals surface area contributed by atoms with Crippen LogP contribution in [0.2, 0.25) is 0 Å². The molecule has 3 rings (SSSR count). The van der Waals surface area contributed by atoms with Crippen molar-refractivity contribution in [3.8, 4) is 5.69 Å². The standard InChI is InChI=1S/C24H24FN3/c1-5-22(18(4)26-15-19-10-8-7-9-17(19)3)23-16-27-28(24(23)6-2)21-13-11-20(25)12-14-21/h5-14,16,26H,2,4,15H2,1,3H3/b22-5-. The predicted octanol–water partition coefficient (Wildman–Crippen LogP) is 5.67. The zero-order valence-corrected chi connectivity index (χ0v) is 16.2. The smallest absolute Gasteiger partial charge is 0.123 e. The first-order valence-corrected chi connectivity index (χ1v) is 9.16. The lowest BCUT2D eigenvalue weighted by Crippen LogP contribution is -2.14. The lowest BCUT2D eigenvalue weighted by molar-refractivity contribution is 0.627. The average Bonchev–Trinajstić information content (AvgIpc) is 3.12. The Morgan fingerprint density at radius 2 is 1.89 bits per heavy atom. The van der Waals surface area contributed by atoms with Crippen molar-refractivity contribution in [1.29, 1.82) is 0 Å². The van der Waals surface area contributed by atoms with Crippen LogP contribution in [-0.4, -0.2) is 9.78 Å². The molecule has 3 aromatic rings. The summed E-state index contributed by atoms with van der Waals surface area (Å²) in [5, 5.41) is 7.90. The minimum Gasteiger partial charge on any atom is -0.381 e. The van der Waals surface area contributed by atoms with Crippen molar-refractivity contribution in [2.45, 2.75) is 20.4 Å². The summed E-state index contributed by atoms with van der Waals surface area (Å²) in [5.74, 6) is -0.279. The fourth-order valence-electron chi connectivity index (χ4n) is 3.15. The molecule has 0 atom stereocenters. The molecule has 0 spiro atoms. The molecule has 0 bridgehead atoms. The Labute approximate surface area is 165 Å². The molecule has 28 heavy (non-hydrogen) atoms. The third-order valence-electron chi connectivity index (χ3n) is 4.73. The Morgan fingerprint density at radius 3 is 2.54 bits per heavy atom. The Morgan fingerprint density at radius 1 is 1.18 bits per heavy atom. The molecule has 0 saturated carbocycles. The van der Waals surface area contributed by atoms with Crippen LogP contribution in [0, 0.1) is 12.7 Å². The molecular weight excluding hydrogens is 349 g/mol. The molecule has 0 radical (unpaired) electrons. The zero-order chi connectivity index (χ0) is 20.1. The van der Waals surface area contributed by atoms with Gasteiger partial charge >= 0.3 is 0 Å². The molecule has 0 aliphatic carbocycles. The normalized spacial score (nSPS) is 11.3. The summed E-state index contributed by atoms with van der Waals surface area (Å²) < 4.78 is 15.0. The molecule has 2 aromatic carbocycles. The van der Waals surface area contributed by atoms with Gasteiger partial charge in [0.2, 0.25) is 0 Å². The van der Waals surface area contributed by atoms with Gasteiger partial charge in [0.15, 0.2) is 0 Å². The number of rotatable bonds is 7. The second-order valence-corrected chi connectivity index (χ2v) is 6.50. The van der Waals surface area contributed by atoms with E-state index in [4.69, 9.17) is 0 Å². The molecule has 4 heteroatoms. The molecule has 3 nitrogen and oxygen atoms in total. The molecule has 142 valence electrons. The van der Waals surface area contributed by atoms with Gasteiger partial charge in [-0.25, -0.2) is 9.07 Å². The van der Waals surface area contributed by atoms with E-state index in [0.29, 0.717) is 6.54 Å². The van der Waals surface area contributed by atoms with E-state index >= 15 is 0 Å². The highest BCUT2D eigenvalue weighted by atomic mass is 19.1. The van der Waals surface area contributed by atoms with Gasteiger partial charge in [0.05, 0.1) is 17.6 Å². The second kappa shape index (κ2) is 8.53. The third kappa shape index (κ3) is 3.96. The first-order valence-electron chi connectivity index (χ1n) is 9.16. The van der Waals surface area contributed by atoms with Gasteiger partial charge in [-0.15, -0.1) is 0 Å². The van der Waals surface area contributed by atoms with Crippen LogP contribution >= 0.6 is 0 Å². The van der Waals surface area contributed by atoms with E-state index in [-0.39, 0.29) is 5.82 Å². The molecule has 1 N–H and O–H groups in total. The quantitative estimate of drug-likeness (QED) is 0.541. The molecule has 0 saturated heterocycles. The number of halogens is 1. The predicted molar refractivity (Wildman–Crippen MR) is 114 cm³/mol. The van der Waals surface area contributed by atoms with Gasteiger partial charge in [-0.05, 0) is 55.3 Å². The molecule has 0 aliphatic heterocycles. The van der Waals surface area contributed by atoms with Gasteiger partial charge in [0.1, 0.15) is 5.82 Å². The number of hydrogen-bond donors (Lipinski definition) is 1. The third-order valence-corrected chi connectivity index (χ3v) is 4.73. The van der Waals surface area contributed by atoms with Crippen LogP contribution in [0.15, 0.2) is 79.7 Å². The van der Waals surface area contributed by atoms with Crippen molar-refractivity contribution in [2.24, 2.45) is 0 Å². The van der Waals surface area contributed by atoms with E-state index in [1.807, 2.05) is 25.1 Å². The lowest BCUT2D eigenvalue weighted by atomic mass is 10.0. The van der Waals surface area contributed by atoms with E-state index in [1.165, 1.54) is 23.3 Å². The molecular formula is C24H24FN3. The van der Waals surface area contributed by atoms with Gasteiger partial charge in [0.25, 0.3) is 0 Å². The first-order chi connectivity index (χ1) is 13.5. The fourth-order valence-corrected chi connectivity index (χ4v) is 3.15. The number of benzene rings is 2. The Hall–Kier alpha value is -3.40. The van der Waals surface area contributed by atoms with Gasteiger partial charge in [-0.2, -0.15) is 5.10 Å². The van der Waals surface area contributed by atoms with E-state index in [1.54, 1.807) is 29.1 Å². The number of nitrogens with zero attached hydrogens (tertiary/aromatic N) is 2. The van der Waals surface area contributed by atoms with Gasteiger partial charge < -0.3 is 5.32 Å². The van der Waals surface area contributed by atoms with Crippen LogP contribution in [0.3, 0.4) is 0 Å². The first kappa shape index (κ1) is 19.4. The number of aryl methyl sites for hydroxylation is 1. The van der Waals surface area contributed by atoms with Crippen molar-refractivity contribution in [2.75, 3.05) is 0 Å². The molecule has 0 unspecified atom stereocenters. The van der Waals surface area contributed by atoms with E-state index < -0.39 is 0 Å². The van der Waals surface area contributed by atoms with Crippen molar-refractivity contribution in [1.82, 2.24) is 15.1 Å². The van der Waals surface area contributed by atoms with E-state index in [2.05, 4.69) is 42.6 Å². The zero-order valence-electron chi connectivity index (χ0n) is 16.2. The Bertz CT molecular complexity index is 1030. The van der Waals surface area contributed by atoms with Gasteiger partial charge in [-0.1, -0.05) is 43.5 Å². The highest BCUT2D eigenvalue weighted by Gasteiger charge is 2.15. The lowest BCUT2D eigenvalue weighted by Gasteiger charge is -2.15. The van der Waals surface area contributed by atoms with E-state index in [0.717, 1.165) is 28.2 Å². The maximum atomic E-state index is 13.3. The summed E-state index contributed by atoms with van der Waals surface area (Å²) in [4.78, 5) is 0. The van der Waals surface area contributed by atoms with Crippen LogP contribution in [0.25, 0.3) is 17.3 Å². The van der Waals surface area contributed by atoms with Crippen molar-refractivity contribution >= 4 is 11.6 Å². The molecule has 0 aliphatic rings. The van der Waals surface area contributed by atoms with Crippen molar-refractivity contribution in [3.63, 3.8) is 0 Å². The maximum absolute atomic E-state index is 13.3. The summed E-state index contributed by atoms with van der Waals surface area (Å²) in [5.41, 5.74) is 6.76. The van der Waals surface area contributed by atoms with Crippen LogP contribution in [-0.2, 0) is 6.54 Å². The Kier molecular flexibility index (Phi) is 5.90. The number of allylic oxidation sites excluding steroid dienone is 2. The molecule has 0 fully saturated rings. The van der Waals surface area contributed by atoms with E-state index in [9.17, 15) is 4.39 Å². The molecule has 1 aromatic heterocycles. The summed E-state index contributed by atoms with van der Waals surface area (Å²) in [7, 11) is 0. The van der Waals surface area contributed by atoms with Crippen molar-refractivity contribution < 1.29 is 4.39 Å². The summed E-state index contributed by atoms with van der Waals surface area (Å²) >= 11 is 0. The topological polar surface area (TPSA) is 29.9 Å². The van der Waals surface area contributed by atoms with Crippen molar-refractivity contribution in [3.05, 3.63) is 108 Å². The van der Waals surface area contributed by atoms with Crippen LogP contribution in [0.5, 0.6) is 0 Å².